The summed E-state index contributed by atoms with van der Waals surface area (Å²) in [5.74, 6) is 0.819. The van der Waals surface area contributed by atoms with Gasteiger partial charge >= 0.3 is 0 Å². The average Bonchev–Trinajstić information content (AvgIpc) is 2.99. The van der Waals surface area contributed by atoms with Gasteiger partial charge in [0.05, 0.1) is 37.6 Å². The van der Waals surface area contributed by atoms with Crippen molar-refractivity contribution in [3.63, 3.8) is 0 Å². The normalized spacial score (nSPS) is 26.3. The fourth-order valence-corrected chi connectivity index (χ4v) is 4.46. The molecule has 1 spiro atoms. The van der Waals surface area contributed by atoms with Crippen LogP contribution in [0.4, 0.5) is 5.95 Å². The number of morpholine rings is 1. The molecule has 1 aliphatic carbocycles. The van der Waals surface area contributed by atoms with Gasteiger partial charge in [-0.2, -0.15) is 0 Å². The Morgan fingerprint density at radius 1 is 1.15 bits per heavy atom. The lowest BCUT2D eigenvalue weighted by atomic mass is 10.0. The molecule has 3 heterocycles. The molecule has 138 valence electrons. The van der Waals surface area contributed by atoms with E-state index in [1.165, 1.54) is 35.8 Å². The number of anilines is 1. The molecule has 2 aliphatic heterocycles. The van der Waals surface area contributed by atoms with E-state index in [1.807, 2.05) is 0 Å². The Morgan fingerprint density at radius 3 is 2.96 bits per heavy atom. The van der Waals surface area contributed by atoms with Crippen LogP contribution in [0.15, 0.2) is 12.1 Å². The summed E-state index contributed by atoms with van der Waals surface area (Å²) in [5, 5.41) is 4.62. The van der Waals surface area contributed by atoms with Gasteiger partial charge in [0.2, 0.25) is 5.95 Å². The quantitative estimate of drug-likeness (QED) is 0.840. The standard InChI is InChI=1S/C20H26N4O2/c1-14-17-9-15-3-2-4-16(15)10-18(17)23-19(22-14)24-6-8-26-20(12-24)11-21-5-7-25-13-20/h9-10,21H,2-8,11-13H2,1H3/t20-/m0/s1. The monoisotopic (exact) mass is 354 g/mol. The van der Waals surface area contributed by atoms with Crippen molar-refractivity contribution in [2.75, 3.05) is 50.9 Å². The number of aromatic nitrogens is 2. The largest absolute Gasteiger partial charge is 0.377 e. The maximum Gasteiger partial charge on any atom is 0.226 e. The number of nitrogens with one attached hydrogen (secondary N) is 1. The molecule has 0 saturated carbocycles. The Morgan fingerprint density at radius 2 is 2.04 bits per heavy atom. The van der Waals surface area contributed by atoms with E-state index in [9.17, 15) is 0 Å². The second-order valence-corrected chi connectivity index (χ2v) is 7.78. The fraction of sp³-hybridized carbons (Fsp3) is 0.600. The van der Waals surface area contributed by atoms with Crippen LogP contribution in [0.25, 0.3) is 10.9 Å². The van der Waals surface area contributed by atoms with Crippen LogP contribution >= 0.6 is 0 Å². The number of hydrogen-bond donors (Lipinski definition) is 1. The first-order valence-electron chi connectivity index (χ1n) is 9.70. The van der Waals surface area contributed by atoms with Gasteiger partial charge in [0.1, 0.15) is 5.60 Å². The Kier molecular flexibility index (Phi) is 4.07. The second kappa shape index (κ2) is 6.44. The molecule has 2 aromatic rings. The number of hydrogen-bond acceptors (Lipinski definition) is 6. The summed E-state index contributed by atoms with van der Waals surface area (Å²) in [6, 6.07) is 4.59. The topological polar surface area (TPSA) is 59.5 Å². The minimum Gasteiger partial charge on any atom is -0.377 e. The van der Waals surface area contributed by atoms with Crippen molar-refractivity contribution in [3.05, 3.63) is 29.0 Å². The van der Waals surface area contributed by atoms with Gasteiger partial charge in [0.25, 0.3) is 0 Å². The number of rotatable bonds is 1. The number of aryl methyl sites for hydroxylation is 3. The second-order valence-electron chi connectivity index (χ2n) is 7.78. The van der Waals surface area contributed by atoms with E-state index in [-0.39, 0.29) is 5.60 Å². The molecule has 2 fully saturated rings. The summed E-state index contributed by atoms with van der Waals surface area (Å²) in [6.45, 7) is 7.40. The van der Waals surface area contributed by atoms with Crippen LogP contribution in [0.5, 0.6) is 0 Å². The molecule has 3 aliphatic rings. The van der Waals surface area contributed by atoms with E-state index in [2.05, 4.69) is 29.3 Å². The maximum atomic E-state index is 6.13. The Hall–Kier alpha value is -1.76. The molecule has 0 unspecified atom stereocenters. The highest BCUT2D eigenvalue weighted by molar-refractivity contribution is 5.84. The van der Waals surface area contributed by atoms with Gasteiger partial charge in [-0.15, -0.1) is 0 Å². The predicted molar refractivity (Wildman–Crippen MR) is 101 cm³/mol. The van der Waals surface area contributed by atoms with Crippen LogP contribution in [-0.2, 0) is 22.3 Å². The molecule has 6 nitrogen and oxygen atoms in total. The molecule has 1 atom stereocenters. The number of nitrogens with zero attached hydrogens (tertiary/aromatic N) is 3. The van der Waals surface area contributed by atoms with E-state index < -0.39 is 0 Å². The van der Waals surface area contributed by atoms with Crippen molar-refractivity contribution >= 4 is 16.9 Å². The van der Waals surface area contributed by atoms with Gasteiger partial charge < -0.3 is 19.7 Å². The van der Waals surface area contributed by atoms with E-state index in [4.69, 9.17) is 19.4 Å². The van der Waals surface area contributed by atoms with Crippen LogP contribution in [0.2, 0.25) is 0 Å². The molecule has 2 saturated heterocycles. The highest BCUT2D eigenvalue weighted by atomic mass is 16.5. The highest BCUT2D eigenvalue weighted by Gasteiger charge is 2.39. The third kappa shape index (κ3) is 2.86. The van der Waals surface area contributed by atoms with Crippen LogP contribution in [0, 0.1) is 6.92 Å². The number of benzene rings is 1. The van der Waals surface area contributed by atoms with Crippen molar-refractivity contribution < 1.29 is 9.47 Å². The van der Waals surface area contributed by atoms with Crippen molar-refractivity contribution in [3.8, 4) is 0 Å². The molecule has 0 bridgehead atoms. The lowest BCUT2D eigenvalue weighted by molar-refractivity contribution is -0.0915. The SMILES string of the molecule is Cc1nc(N2CCO[C@@]3(CNCCOC3)C2)nc2cc3c(cc12)CCC3. The number of fused-ring (bicyclic) bond motifs is 2. The van der Waals surface area contributed by atoms with E-state index in [0.29, 0.717) is 13.2 Å². The van der Waals surface area contributed by atoms with E-state index in [0.717, 1.165) is 49.9 Å². The molecule has 26 heavy (non-hydrogen) atoms. The van der Waals surface area contributed by atoms with E-state index >= 15 is 0 Å². The lowest BCUT2D eigenvalue weighted by Crippen LogP contribution is -2.58. The smallest absolute Gasteiger partial charge is 0.226 e. The number of ether oxygens (including phenoxy) is 2. The summed E-state index contributed by atoms with van der Waals surface area (Å²) in [4.78, 5) is 12.1. The third-order valence-corrected chi connectivity index (χ3v) is 5.85. The van der Waals surface area contributed by atoms with Gasteiger partial charge in [-0.05, 0) is 49.4 Å². The molecule has 1 aromatic heterocycles. The van der Waals surface area contributed by atoms with Crippen LogP contribution < -0.4 is 10.2 Å². The van der Waals surface area contributed by atoms with Crippen molar-refractivity contribution in [2.45, 2.75) is 31.8 Å². The Labute approximate surface area is 153 Å². The average molecular weight is 354 g/mol. The zero-order valence-electron chi connectivity index (χ0n) is 15.4. The zero-order valence-corrected chi connectivity index (χ0v) is 15.4. The lowest BCUT2D eigenvalue weighted by Gasteiger charge is -2.41. The predicted octanol–water partition coefficient (Wildman–Crippen LogP) is 1.62. The van der Waals surface area contributed by atoms with Crippen LogP contribution in [-0.4, -0.2) is 61.6 Å². The van der Waals surface area contributed by atoms with Crippen LogP contribution in [0.1, 0.15) is 23.2 Å². The van der Waals surface area contributed by atoms with Crippen molar-refractivity contribution in [1.82, 2.24) is 15.3 Å². The molecule has 6 heteroatoms. The first-order valence-corrected chi connectivity index (χ1v) is 9.70. The molecule has 0 radical (unpaired) electrons. The van der Waals surface area contributed by atoms with Gasteiger partial charge in [0, 0.05) is 25.0 Å². The van der Waals surface area contributed by atoms with E-state index in [1.54, 1.807) is 0 Å². The molecule has 5 rings (SSSR count). The first-order chi connectivity index (χ1) is 12.7. The Balaban J connectivity index is 1.49. The minimum atomic E-state index is -0.307. The molecule has 1 N–H and O–H groups in total. The Bertz CT molecular complexity index is 830. The first kappa shape index (κ1) is 16.4. The maximum absolute atomic E-state index is 6.13. The summed E-state index contributed by atoms with van der Waals surface area (Å²) >= 11 is 0. The summed E-state index contributed by atoms with van der Waals surface area (Å²) in [7, 11) is 0. The summed E-state index contributed by atoms with van der Waals surface area (Å²) < 4.78 is 11.9. The summed E-state index contributed by atoms with van der Waals surface area (Å²) in [5.41, 5.74) is 4.77. The van der Waals surface area contributed by atoms with Crippen LogP contribution in [0.3, 0.4) is 0 Å². The minimum absolute atomic E-state index is 0.307. The van der Waals surface area contributed by atoms with Crippen molar-refractivity contribution in [2.24, 2.45) is 0 Å². The van der Waals surface area contributed by atoms with Gasteiger partial charge in [-0.1, -0.05) is 0 Å². The molecule has 0 amide bonds. The highest BCUT2D eigenvalue weighted by Crippen LogP contribution is 2.30. The molecular formula is C20H26N4O2. The van der Waals surface area contributed by atoms with Gasteiger partial charge in [-0.25, -0.2) is 9.97 Å². The third-order valence-electron chi connectivity index (χ3n) is 5.85. The van der Waals surface area contributed by atoms with Crippen molar-refractivity contribution in [1.29, 1.82) is 0 Å². The zero-order chi connectivity index (χ0) is 17.6. The van der Waals surface area contributed by atoms with Gasteiger partial charge in [-0.3, -0.25) is 0 Å². The van der Waals surface area contributed by atoms with Gasteiger partial charge in [0.15, 0.2) is 0 Å². The molecule has 1 aromatic carbocycles. The molecular weight excluding hydrogens is 328 g/mol. The summed E-state index contributed by atoms with van der Waals surface area (Å²) in [6.07, 6.45) is 3.61. The fourth-order valence-electron chi connectivity index (χ4n) is 4.46.